The smallest absolute Gasteiger partial charge is 0.398 e. The minimum Gasteiger partial charge on any atom is -0.398 e. The van der Waals surface area contributed by atoms with Gasteiger partial charge in [-0.05, 0) is 35.9 Å². The molecule has 114 valence electrons. The Kier molecular flexibility index (Phi) is 3.74. The van der Waals surface area contributed by atoms with Crippen molar-refractivity contribution >= 4 is 38.8 Å². The highest BCUT2D eigenvalue weighted by atomic mass is 35.5. The molecule has 0 saturated heterocycles. The third kappa shape index (κ3) is 3.03. The molecule has 3 rings (SSSR count). The first-order chi connectivity index (χ1) is 10.3. The lowest BCUT2D eigenvalue weighted by molar-refractivity contribution is -0.137. The lowest BCUT2D eigenvalue weighted by Gasteiger charge is -2.04. The van der Waals surface area contributed by atoms with Crippen molar-refractivity contribution in [1.29, 1.82) is 0 Å². The van der Waals surface area contributed by atoms with Crippen molar-refractivity contribution in [3.63, 3.8) is 0 Å². The van der Waals surface area contributed by atoms with Gasteiger partial charge < -0.3 is 5.73 Å². The Morgan fingerprint density at radius 1 is 1.14 bits per heavy atom. The molecule has 0 radical (unpaired) electrons. The van der Waals surface area contributed by atoms with E-state index in [4.69, 9.17) is 17.3 Å². The number of nitrogen functional groups attached to an aromatic ring is 1. The summed E-state index contributed by atoms with van der Waals surface area (Å²) in [5, 5.41) is 1.19. The van der Waals surface area contributed by atoms with Gasteiger partial charge in [-0.3, -0.25) is 0 Å². The number of aromatic nitrogens is 1. The van der Waals surface area contributed by atoms with Crippen LogP contribution in [0.5, 0.6) is 0 Å². The highest BCUT2D eigenvalue weighted by molar-refractivity contribution is 7.18. The van der Waals surface area contributed by atoms with Gasteiger partial charge in [0.25, 0.3) is 0 Å². The van der Waals surface area contributed by atoms with Gasteiger partial charge in [0.05, 0.1) is 31.5 Å². The number of fused-ring (bicyclic) bond motifs is 1. The van der Waals surface area contributed by atoms with Crippen LogP contribution in [0, 0.1) is 0 Å². The van der Waals surface area contributed by atoms with E-state index in [9.17, 15) is 13.2 Å². The quantitative estimate of drug-likeness (QED) is 0.655. The van der Waals surface area contributed by atoms with Gasteiger partial charge in [-0.25, -0.2) is 4.98 Å². The second-order valence-corrected chi connectivity index (χ2v) is 6.34. The summed E-state index contributed by atoms with van der Waals surface area (Å²) in [5.74, 6) is 0. The van der Waals surface area contributed by atoms with Gasteiger partial charge in [-0.15, -0.1) is 11.3 Å². The molecule has 2 N–H and O–H groups in total. The zero-order valence-electron chi connectivity index (χ0n) is 11.1. The van der Waals surface area contributed by atoms with Crippen LogP contribution in [-0.2, 0) is 12.6 Å². The van der Waals surface area contributed by atoms with Crippen LogP contribution in [0.15, 0.2) is 36.4 Å². The van der Waals surface area contributed by atoms with Crippen LogP contribution in [0.25, 0.3) is 10.2 Å². The molecule has 1 heterocycles. The third-order valence-corrected chi connectivity index (χ3v) is 4.54. The molecule has 22 heavy (non-hydrogen) atoms. The maximum atomic E-state index is 12.7. The van der Waals surface area contributed by atoms with Crippen LogP contribution in [0.1, 0.15) is 16.1 Å². The van der Waals surface area contributed by atoms with E-state index in [1.807, 2.05) is 6.07 Å². The normalized spacial score (nSPS) is 12.0. The van der Waals surface area contributed by atoms with Gasteiger partial charge in [-0.1, -0.05) is 17.7 Å². The molecule has 0 aliphatic rings. The minimum absolute atomic E-state index is 0.358. The zero-order chi connectivity index (χ0) is 15.9. The molecule has 0 fully saturated rings. The number of rotatable bonds is 2. The summed E-state index contributed by atoms with van der Waals surface area (Å²) in [4.78, 5) is 4.28. The standard InChI is InChI=1S/C15H10ClF3N2S/c16-10-5-8(1-3-11(10)20)6-14-21-12-7-9(15(17,18)19)2-4-13(12)22-14/h1-5,7H,6,20H2. The van der Waals surface area contributed by atoms with Crippen LogP contribution in [0.3, 0.4) is 0 Å². The number of benzene rings is 2. The van der Waals surface area contributed by atoms with Crippen LogP contribution >= 0.6 is 22.9 Å². The van der Waals surface area contributed by atoms with E-state index in [1.165, 1.54) is 17.4 Å². The van der Waals surface area contributed by atoms with Crippen molar-refractivity contribution in [1.82, 2.24) is 4.98 Å². The van der Waals surface area contributed by atoms with E-state index in [2.05, 4.69) is 4.98 Å². The monoisotopic (exact) mass is 342 g/mol. The Bertz CT molecular complexity index is 842. The Labute approximate surface area is 133 Å². The zero-order valence-corrected chi connectivity index (χ0v) is 12.7. The molecule has 0 atom stereocenters. The number of nitrogens with zero attached hydrogens (tertiary/aromatic N) is 1. The Balaban J connectivity index is 1.93. The fraction of sp³-hybridized carbons (Fsp3) is 0.133. The van der Waals surface area contributed by atoms with Crippen LogP contribution in [-0.4, -0.2) is 4.98 Å². The first kappa shape index (κ1) is 15.1. The number of halogens is 4. The van der Waals surface area contributed by atoms with Crippen molar-refractivity contribution < 1.29 is 13.2 Å². The molecule has 1 aromatic heterocycles. The third-order valence-electron chi connectivity index (χ3n) is 3.18. The van der Waals surface area contributed by atoms with Crippen molar-refractivity contribution in [2.24, 2.45) is 0 Å². The van der Waals surface area contributed by atoms with Crippen molar-refractivity contribution in [3.05, 3.63) is 57.6 Å². The van der Waals surface area contributed by atoms with Crippen LogP contribution < -0.4 is 5.73 Å². The fourth-order valence-corrected chi connectivity index (χ4v) is 3.27. The minimum atomic E-state index is -4.36. The largest absolute Gasteiger partial charge is 0.416 e. The maximum Gasteiger partial charge on any atom is 0.416 e. The summed E-state index contributed by atoms with van der Waals surface area (Å²) in [6.45, 7) is 0. The molecule has 0 aliphatic heterocycles. The summed E-state index contributed by atoms with van der Waals surface area (Å²) in [5.41, 5.74) is 6.72. The number of alkyl halides is 3. The topological polar surface area (TPSA) is 38.9 Å². The van der Waals surface area contributed by atoms with Crippen molar-refractivity contribution in [3.8, 4) is 0 Å². The summed E-state index contributed by atoms with van der Waals surface area (Å²) in [6.07, 6.45) is -3.86. The molecule has 0 unspecified atom stereocenters. The molecular weight excluding hydrogens is 333 g/mol. The summed E-state index contributed by atoms with van der Waals surface area (Å²) in [7, 11) is 0. The second kappa shape index (κ2) is 5.44. The Morgan fingerprint density at radius 3 is 2.59 bits per heavy atom. The van der Waals surface area contributed by atoms with Gasteiger partial charge >= 0.3 is 6.18 Å². The molecule has 0 spiro atoms. The molecule has 7 heteroatoms. The van der Waals surface area contributed by atoms with Gasteiger partial charge in [0, 0.05) is 6.42 Å². The van der Waals surface area contributed by atoms with Gasteiger partial charge in [0.1, 0.15) is 0 Å². The number of hydrogen-bond donors (Lipinski definition) is 1. The molecule has 3 aromatic rings. The lowest BCUT2D eigenvalue weighted by Crippen LogP contribution is -2.03. The van der Waals surface area contributed by atoms with E-state index < -0.39 is 11.7 Å². The molecule has 0 aliphatic carbocycles. The number of hydrogen-bond acceptors (Lipinski definition) is 3. The van der Waals surface area contributed by atoms with Crippen molar-refractivity contribution in [2.45, 2.75) is 12.6 Å². The first-order valence-corrected chi connectivity index (χ1v) is 7.53. The van der Waals surface area contributed by atoms with Crippen molar-refractivity contribution in [2.75, 3.05) is 5.73 Å². The fourth-order valence-electron chi connectivity index (χ4n) is 2.08. The molecule has 2 aromatic carbocycles. The van der Waals surface area contributed by atoms with E-state index in [0.717, 1.165) is 27.4 Å². The van der Waals surface area contributed by atoms with E-state index in [0.29, 0.717) is 22.6 Å². The van der Waals surface area contributed by atoms with Gasteiger partial charge in [0.15, 0.2) is 0 Å². The summed E-state index contributed by atoms with van der Waals surface area (Å²) < 4.78 is 38.8. The first-order valence-electron chi connectivity index (χ1n) is 6.33. The molecule has 0 saturated carbocycles. The molecule has 2 nitrogen and oxygen atoms in total. The average molecular weight is 343 g/mol. The predicted octanol–water partition coefficient (Wildman–Crippen LogP) is 5.14. The average Bonchev–Trinajstić information content (AvgIpc) is 2.83. The Hall–Kier alpha value is -1.79. The highest BCUT2D eigenvalue weighted by Crippen LogP contribution is 2.33. The molecule has 0 amide bonds. The number of anilines is 1. The summed E-state index contributed by atoms with van der Waals surface area (Å²) >= 11 is 7.33. The number of nitrogens with two attached hydrogens (primary N) is 1. The highest BCUT2D eigenvalue weighted by Gasteiger charge is 2.30. The van der Waals surface area contributed by atoms with E-state index >= 15 is 0 Å². The Morgan fingerprint density at radius 2 is 1.91 bits per heavy atom. The van der Waals surface area contributed by atoms with Gasteiger partial charge in [-0.2, -0.15) is 13.2 Å². The molecular formula is C15H10ClF3N2S. The van der Waals surface area contributed by atoms with E-state index in [-0.39, 0.29) is 0 Å². The number of thiazole rings is 1. The second-order valence-electron chi connectivity index (χ2n) is 4.82. The maximum absolute atomic E-state index is 12.7. The van der Waals surface area contributed by atoms with Gasteiger partial charge in [0.2, 0.25) is 0 Å². The van der Waals surface area contributed by atoms with E-state index in [1.54, 1.807) is 12.1 Å². The molecule has 0 bridgehead atoms. The lowest BCUT2D eigenvalue weighted by atomic mass is 10.1. The van der Waals surface area contributed by atoms with Crippen LogP contribution in [0.4, 0.5) is 18.9 Å². The summed E-state index contributed by atoms with van der Waals surface area (Å²) in [6, 6.07) is 8.87. The van der Waals surface area contributed by atoms with Crippen LogP contribution in [0.2, 0.25) is 5.02 Å². The SMILES string of the molecule is Nc1ccc(Cc2nc3cc(C(F)(F)F)ccc3s2)cc1Cl. The predicted molar refractivity (Wildman–Crippen MR) is 83.3 cm³/mol.